The molecule has 3 aromatic carbocycles. The second-order valence-electron chi connectivity index (χ2n) is 7.02. The number of anilines is 1. The van der Waals surface area contributed by atoms with E-state index in [9.17, 15) is 14.7 Å². The monoisotopic (exact) mass is 438 g/mol. The number of carboxylic acids is 1. The van der Waals surface area contributed by atoms with Crippen LogP contribution < -0.4 is 14.8 Å². The minimum Gasteiger partial charge on any atom is -0.493 e. The highest BCUT2D eigenvalue weighted by Gasteiger charge is 2.42. The van der Waals surface area contributed by atoms with Crippen molar-refractivity contribution in [3.05, 3.63) is 66.2 Å². The van der Waals surface area contributed by atoms with E-state index in [0.29, 0.717) is 17.2 Å². The summed E-state index contributed by atoms with van der Waals surface area (Å²) in [6, 6.07) is 17.3. The van der Waals surface area contributed by atoms with Gasteiger partial charge in [0.15, 0.2) is 11.5 Å². The Morgan fingerprint density at radius 2 is 1.77 bits per heavy atom. The van der Waals surface area contributed by atoms with Crippen LogP contribution in [0, 0.1) is 0 Å². The standard InChI is InChI=1S/C23H22N2O5S/c1-29-19-11-10-15(12-20(19)30-2)21-25(18(13-31-21)22(26)27)23(28)24-17-9-5-7-14-6-3-4-8-16(14)17/h3-12,18,21H,13H2,1-2H3,(H,24,28)(H,26,27). The summed E-state index contributed by atoms with van der Waals surface area (Å²) in [7, 11) is 3.08. The minimum absolute atomic E-state index is 0.289. The molecular weight excluding hydrogens is 416 g/mol. The van der Waals surface area contributed by atoms with Crippen LogP contribution in [0.4, 0.5) is 10.5 Å². The lowest BCUT2D eigenvalue weighted by molar-refractivity contribution is -0.141. The Hall–Kier alpha value is -3.39. The number of thioether (sulfide) groups is 1. The van der Waals surface area contributed by atoms with Gasteiger partial charge in [0.05, 0.1) is 19.9 Å². The molecule has 1 aliphatic rings. The van der Waals surface area contributed by atoms with E-state index >= 15 is 0 Å². The summed E-state index contributed by atoms with van der Waals surface area (Å²) in [5, 5.41) is 14.1. The predicted molar refractivity (Wildman–Crippen MR) is 121 cm³/mol. The minimum atomic E-state index is -1.04. The summed E-state index contributed by atoms with van der Waals surface area (Å²) in [4.78, 5) is 26.6. The number of ether oxygens (including phenoxy) is 2. The molecule has 2 amide bonds. The number of amides is 2. The lowest BCUT2D eigenvalue weighted by Crippen LogP contribution is -2.45. The van der Waals surface area contributed by atoms with Gasteiger partial charge in [-0.15, -0.1) is 11.8 Å². The first-order chi connectivity index (χ1) is 15.0. The van der Waals surface area contributed by atoms with Crippen molar-refractivity contribution in [3.63, 3.8) is 0 Å². The number of fused-ring (bicyclic) bond motifs is 1. The number of rotatable bonds is 5. The lowest BCUT2D eigenvalue weighted by Gasteiger charge is -2.28. The molecule has 0 aliphatic carbocycles. The van der Waals surface area contributed by atoms with E-state index in [2.05, 4.69) is 5.32 Å². The molecule has 0 aromatic heterocycles. The molecule has 160 valence electrons. The van der Waals surface area contributed by atoms with Crippen LogP contribution in [0.3, 0.4) is 0 Å². The Labute approximate surface area is 183 Å². The number of hydrogen-bond acceptors (Lipinski definition) is 5. The molecule has 2 atom stereocenters. The smallest absolute Gasteiger partial charge is 0.327 e. The van der Waals surface area contributed by atoms with Crippen molar-refractivity contribution in [1.29, 1.82) is 0 Å². The van der Waals surface area contributed by atoms with Gasteiger partial charge in [-0.2, -0.15) is 0 Å². The molecule has 31 heavy (non-hydrogen) atoms. The quantitative estimate of drug-likeness (QED) is 0.606. The molecule has 1 fully saturated rings. The first-order valence-corrected chi connectivity index (χ1v) is 10.7. The first-order valence-electron chi connectivity index (χ1n) is 9.67. The number of nitrogens with one attached hydrogen (secondary N) is 1. The number of aliphatic carboxylic acids is 1. The number of carbonyl (C=O) groups excluding carboxylic acids is 1. The molecule has 4 rings (SSSR count). The Kier molecular flexibility index (Phi) is 5.90. The zero-order valence-electron chi connectivity index (χ0n) is 17.1. The topological polar surface area (TPSA) is 88.1 Å². The Morgan fingerprint density at radius 3 is 2.52 bits per heavy atom. The number of hydrogen-bond donors (Lipinski definition) is 2. The van der Waals surface area contributed by atoms with E-state index in [1.165, 1.54) is 23.8 Å². The van der Waals surface area contributed by atoms with Gasteiger partial charge < -0.3 is 19.9 Å². The van der Waals surface area contributed by atoms with Crippen LogP contribution in [0.2, 0.25) is 0 Å². The maximum Gasteiger partial charge on any atom is 0.327 e. The van der Waals surface area contributed by atoms with Gasteiger partial charge in [0.2, 0.25) is 0 Å². The number of carbonyl (C=O) groups is 2. The number of carboxylic acid groups (broad SMARTS) is 1. The van der Waals surface area contributed by atoms with Gasteiger partial charge in [-0.1, -0.05) is 42.5 Å². The summed E-state index contributed by atoms with van der Waals surface area (Å²) < 4.78 is 10.7. The van der Waals surface area contributed by atoms with E-state index in [0.717, 1.165) is 16.3 Å². The first kappa shape index (κ1) is 20.9. The highest BCUT2D eigenvalue weighted by Crippen LogP contribution is 2.44. The molecule has 3 aromatic rings. The molecule has 1 aliphatic heterocycles. The van der Waals surface area contributed by atoms with Gasteiger partial charge >= 0.3 is 12.0 Å². The third kappa shape index (κ3) is 3.98. The molecule has 0 spiro atoms. The molecule has 0 radical (unpaired) electrons. The average molecular weight is 439 g/mol. The van der Waals surface area contributed by atoms with Crippen LogP contribution in [0.5, 0.6) is 11.5 Å². The van der Waals surface area contributed by atoms with Gasteiger partial charge in [-0.05, 0) is 29.1 Å². The molecule has 7 nitrogen and oxygen atoms in total. The zero-order valence-corrected chi connectivity index (χ0v) is 17.9. The third-order valence-electron chi connectivity index (χ3n) is 5.24. The second kappa shape index (κ2) is 8.77. The third-order valence-corrected chi connectivity index (χ3v) is 6.57. The Balaban J connectivity index is 1.68. The molecule has 2 unspecified atom stereocenters. The normalized spacial score (nSPS) is 18.1. The largest absolute Gasteiger partial charge is 0.493 e. The molecule has 1 saturated heterocycles. The fraction of sp³-hybridized carbons (Fsp3) is 0.217. The second-order valence-corrected chi connectivity index (χ2v) is 8.13. The molecule has 0 bridgehead atoms. The molecule has 0 saturated carbocycles. The van der Waals surface area contributed by atoms with Gasteiger partial charge in [-0.3, -0.25) is 4.90 Å². The highest BCUT2D eigenvalue weighted by molar-refractivity contribution is 7.99. The summed E-state index contributed by atoms with van der Waals surface area (Å²) >= 11 is 1.40. The van der Waals surface area contributed by atoms with Crippen molar-refractivity contribution in [3.8, 4) is 11.5 Å². The number of urea groups is 1. The van der Waals surface area contributed by atoms with Gasteiger partial charge in [-0.25, -0.2) is 9.59 Å². The average Bonchev–Trinajstić information content (AvgIpc) is 3.24. The van der Waals surface area contributed by atoms with E-state index in [-0.39, 0.29) is 5.75 Å². The molecule has 2 N–H and O–H groups in total. The maximum atomic E-state index is 13.3. The van der Waals surface area contributed by atoms with Crippen molar-refractivity contribution in [2.45, 2.75) is 11.4 Å². The van der Waals surface area contributed by atoms with Crippen LogP contribution >= 0.6 is 11.8 Å². The maximum absolute atomic E-state index is 13.3. The molecule has 8 heteroatoms. The van der Waals surface area contributed by atoms with E-state index in [1.54, 1.807) is 19.2 Å². The number of nitrogens with zero attached hydrogens (tertiary/aromatic N) is 1. The lowest BCUT2D eigenvalue weighted by atomic mass is 10.1. The Bertz CT molecular complexity index is 1130. The van der Waals surface area contributed by atoms with Crippen LogP contribution in [0.1, 0.15) is 10.9 Å². The number of benzene rings is 3. The van der Waals surface area contributed by atoms with Crippen molar-refractivity contribution < 1.29 is 24.2 Å². The van der Waals surface area contributed by atoms with E-state index < -0.39 is 23.4 Å². The van der Waals surface area contributed by atoms with Crippen molar-refractivity contribution in [2.24, 2.45) is 0 Å². The summed E-state index contributed by atoms with van der Waals surface area (Å²) in [6.07, 6.45) is 0. The van der Waals surface area contributed by atoms with E-state index in [1.807, 2.05) is 48.5 Å². The summed E-state index contributed by atoms with van der Waals surface area (Å²) in [6.45, 7) is 0. The zero-order chi connectivity index (χ0) is 22.0. The van der Waals surface area contributed by atoms with Crippen molar-refractivity contribution in [1.82, 2.24) is 4.90 Å². The van der Waals surface area contributed by atoms with Crippen molar-refractivity contribution in [2.75, 3.05) is 25.3 Å². The van der Waals surface area contributed by atoms with Crippen LogP contribution in [0.15, 0.2) is 60.7 Å². The van der Waals surface area contributed by atoms with Crippen molar-refractivity contribution >= 4 is 40.2 Å². The van der Waals surface area contributed by atoms with Gasteiger partial charge in [0, 0.05) is 11.1 Å². The summed E-state index contributed by atoms with van der Waals surface area (Å²) in [5.41, 5.74) is 1.40. The fourth-order valence-corrected chi connectivity index (χ4v) is 5.13. The van der Waals surface area contributed by atoms with Crippen LogP contribution in [-0.2, 0) is 4.79 Å². The predicted octanol–water partition coefficient (Wildman–Crippen LogP) is 4.59. The summed E-state index contributed by atoms with van der Waals surface area (Å²) in [5.74, 6) is 0.338. The van der Waals surface area contributed by atoms with E-state index in [4.69, 9.17) is 9.47 Å². The van der Waals surface area contributed by atoms with Gasteiger partial charge in [0.1, 0.15) is 11.4 Å². The molecular formula is C23H22N2O5S. The Morgan fingerprint density at radius 1 is 1.03 bits per heavy atom. The SMILES string of the molecule is COc1ccc(C2SCC(C(=O)O)N2C(=O)Nc2cccc3ccccc23)cc1OC. The molecule has 1 heterocycles. The van der Waals surface area contributed by atoms with Crippen LogP contribution in [0.25, 0.3) is 10.8 Å². The fourth-order valence-electron chi connectivity index (χ4n) is 3.72. The highest BCUT2D eigenvalue weighted by atomic mass is 32.2. The van der Waals surface area contributed by atoms with Crippen LogP contribution in [-0.4, -0.2) is 48.0 Å². The van der Waals surface area contributed by atoms with Gasteiger partial charge in [0.25, 0.3) is 0 Å². The number of methoxy groups -OCH3 is 2.